The van der Waals surface area contributed by atoms with Gasteiger partial charge in [-0.3, -0.25) is 0 Å². The van der Waals surface area contributed by atoms with Crippen molar-refractivity contribution >= 4 is 16.6 Å². The molecule has 4 heteroatoms. The van der Waals surface area contributed by atoms with Gasteiger partial charge in [-0.05, 0) is 63.0 Å². The van der Waals surface area contributed by atoms with Gasteiger partial charge >= 0.3 is 0 Å². The van der Waals surface area contributed by atoms with E-state index in [1.165, 1.54) is 28.0 Å². The normalized spacial score (nSPS) is 15.3. The van der Waals surface area contributed by atoms with Gasteiger partial charge in [-0.15, -0.1) is 0 Å². The molecule has 0 bridgehead atoms. The van der Waals surface area contributed by atoms with E-state index in [9.17, 15) is 0 Å². The Morgan fingerprint density at radius 1 is 1.15 bits per heavy atom. The minimum absolute atomic E-state index is 0.848. The molecule has 0 fully saturated rings. The van der Waals surface area contributed by atoms with Crippen molar-refractivity contribution in [1.29, 1.82) is 0 Å². The van der Waals surface area contributed by atoms with Crippen LogP contribution >= 0.6 is 0 Å². The van der Waals surface area contributed by atoms with Crippen LogP contribution in [0.3, 0.4) is 0 Å². The molecule has 0 N–H and O–H groups in total. The van der Waals surface area contributed by atoms with Crippen molar-refractivity contribution in [2.75, 3.05) is 20.6 Å². The zero-order chi connectivity index (χ0) is 18.1. The van der Waals surface area contributed by atoms with E-state index in [0.29, 0.717) is 0 Å². The van der Waals surface area contributed by atoms with Gasteiger partial charge in [-0.25, -0.2) is 9.67 Å². The molecule has 0 atom stereocenters. The SMILES string of the molecule is CCn1ncc2cc3c(nc21)CCc1ccccc1/C3=C\CCN(C)C. The summed E-state index contributed by atoms with van der Waals surface area (Å²) >= 11 is 0. The molecular formula is C22H26N4. The van der Waals surface area contributed by atoms with Gasteiger partial charge in [0.1, 0.15) is 0 Å². The van der Waals surface area contributed by atoms with Crippen LogP contribution in [-0.4, -0.2) is 40.3 Å². The third-order valence-electron chi connectivity index (χ3n) is 5.14. The number of aromatic nitrogens is 3. The monoisotopic (exact) mass is 346 g/mol. The summed E-state index contributed by atoms with van der Waals surface area (Å²) in [5.41, 5.74) is 7.58. The fourth-order valence-corrected chi connectivity index (χ4v) is 3.79. The first-order valence-electron chi connectivity index (χ1n) is 9.46. The first-order chi connectivity index (χ1) is 12.7. The van der Waals surface area contributed by atoms with Gasteiger partial charge in [0.15, 0.2) is 5.65 Å². The third-order valence-corrected chi connectivity index (χ3v) is 5.14. The Morgan fingerprint density at radius 2 is 2.00 bits per heavy atom. The van der Waals surface area contributed by atoms with Crippen molar-refractivity contribution in [3.63, 3.8) is 0 Å². The van der Waals surface area contributed by atoms with Crippen LogP contribution in [0.1, 0.15) is 35.7 Å². The first kappa shape index (κ1) is 17.0. The molecule has 26 heavy (non-hydrogen) atoms. The molecule has 0 amide bonds. The predicted octanol–water partition coefficient (Wildman–Crippen LogP) is 3.93. The maximum absolute atomic E-state index is 5.03. The number of pyridine rings is 1. The summed E-state index contributed by atoms with van der Waals surface area (Å²) < 4.78 is 1.99. The summed E-state index contributed by atoms with van der Waals surface area (Å²) in [4.78, 5) is 7.26. The van der Waals surface area contributed by atoms with Gasteiger partial charge in [0.25, 0.3) is 0 Å². The van der Waals surface area contributed by atoms with E-state index in [2.05, 4.69) is 67.4 Å². The van der Waals surface area contributed by atoms with Crippen LogP contribution in [0.5, 0.6) is 0 Å². The molecule has 0 saturated heterocycles. The number of fused-ring (bicyclic) bond motifs is 3. The average Bonchev–Trinajstić information content (AvgIpc) is 2.98. The largest absolute Gasteiger partial charge is 0.309 e. The number of nitrogens with zero attached hydrogens (tertiary/aromatic N) is 4. The first-order valence-corrected chi connectivity index (χ1v) is 9.46. The van der Waals surface area contributed by atoms with Gasteiger partial charge in [0.05, 0.1) is 11.9 Å². The molecule has 0 aliphatic heterocycles. The van der Waals surface area contributed by atoms with Gasteiger partial charge in [-0.1, -0.05) is 30.3 Å². The topological polar surface area (TPSA) is 34.0 Å². The van der Waals surface area contributed by atoms with Crippen LogP contribution < -0.4 is 0 Å². The number of hydrogen-bond donors (Lipinski definition) is 0. The fraction of sp³-hybridized carbons (Fsp3) is 0.364. The van der Waals surface area contributed by atoms with Gasteiger partial charge < -0.3 is 4.90 Å². The lowest BCUT2D eigenvalue weighted by Crippen LogP contribution is -2.12. The van der Waals surface area contributed by atoms with E-state index in [-0.39, 0.29) is 0 Å². The molecule has 2 aromatic heterocycles. The molecule has 4 nitrogen and oxygen atoms in total. The second-order valence-corrected chi connectivity index (χ2v) is 7.22. The Bertz CT molecular complexity index is 965. The maximum atomic E-state index is 5.03. The fourth-order valence-electron chi connectivity index (χ4n) is 3.79. The second-order valence-electron chi connectivity index (χ2n) is 7.22. The number of aryl methyl sites for hydroxylation is 3. The summed E-state index contributed by atoms with van der Waals surface area (Å²) in [7, 11) is 4.25. The van der Waals surface area contributed by atoms with E-state index in [4.69, 9.17) is 4.98 Å². The zero-order valence-corrected chi connectivity index (χ0v) is 15.9. The highest BCUT2D eigenvalue weighted by Crippen LogP contribution is 2.34. The predicted molar refractivity (Wildman–Crippen MR) is 107 cm³/mol. The molecule has 3 aromatic rings. The summed E-state index contributed by atoms with van der Waals surface area (Å²) in [6.45, 7) is 4.01. The van der Waals surface area contributed by atoms with Crippen molar-refractivity contribution in [3.05, 3.63) is 65.0 Å². The number of rotatable bonds is 4. The lowest BCUT2D eigenvalue weighted by atomic mass is 9.94. The van der Waals surface area contributed by atoms with Crippen molar-refractivity contribution in [2.24, 2.45) is 0 Å². The highest BCUT2D eigenvalue weighted by atomic mass is 15.3. The highest BCUT2D eigenvalue weighted by Gasteiger charge is 2.20. The molecule has 0 unspecified atom stereocenters. The smallest absolute Gasteiger partial charge is 0.158 e. The van der Waals surface area contributed by atoms with Crippen LogP contribution in [0.4, 0.5) is 0 Å². The van der Waals surface area contributed by atoms with Gasteiger partial charge in [0.2, 0.25) is 0 Å². The number of benzene rings is 1. The van der Waals surface area contributed by atoms with Crippen LogP contribution in [0, 0.1) is 0 Å². The minimum Gasteiger partial charge on any atom is -0.309 e. The molecular weight excluding hydrogens is 320 g/mol. The molecule has 0 radical (unpaired) electrons. The van der Waals surface area contributed by atoms with Crippen LogP contribution in [-0.2, 0) is 19.4 Å². The molecule has 1 aromatic carbocycles. The zero-order valence-electron chi connectivity index (χ0n) is 15.9. The van der Waals surface area contributed by atoms with Gasteiger partial charge in [0, 0.05) is 24.0 Å². The van der Waals surface area contributed by atoms with Crippen molar-refractivity contribution in [3.8, 4) is 0 Å². The number of hydrogen-bond acceptors (Lipinski definition) is 3. The quantitative estimate of drug-likeness (QED) is 0.718. The molecule has 1 aliphatic rings. The standard InChI is InChI=1S/C22H26N4/c1-4-26-22-17(15-23-26)14-20-19(10-7-13-25(2)3)18-9-6-5-8-16(18)11-12-21(20)24-22/h5-6,8-10,14-15H,4,7,11-13H2,1-3H3/b19-10+. The van der Waals surface area contributed by atoms with Crippen molar-refractivity contribution in [2.45, 2.75) is 32.7 Å². The lowest BCUT2D eigenvalue weighted by molar-refractivity contribution is 0.417. The molecule has 134 valence electrons. The molecule has 4 rings (SSSR count). The van der Waals surface area contributed by atoms with Crippen molar-refractivity contribution < 1.29 is 0 Å². The Kier molecular flexibility index (Phi) is 4.60. The molecule has 1 aliphatic carbocycles. The van der Waals surface area contributed by atoms with E-state index in [1.54, 1.807) is 0 Å². The Balaban J connectivity index is 1.88. The van der Waals surface area contributed by atoms with E-state index < -0.39 is 0 Å². The average molecular weight is 346 g/mol. The van der Waals surface area contributed by atoms with Crippen LogP contribution in [0.25, 0.3) is 16.6 Å². The Hall–Kier alpha value is -2.46. The molecule has 2 heterocycles. The van der Waals surface area contributed by atoms with E-state index in [0.717, 1.165) is 43.4 Å². The maximum Gasteiger partial charge on any atom is 0.158 e. The summed E-state index contributed by atoms with van der Waals surface area (Å²) in [5.74, 6) is 0. The third kappa shape index (κ3) is 3.06. The summed E-state index contributed by atoms with van der Waals surface area (Å²) in [5, 5.41) is 5.62. The second kappa shape index (κ2) is 7.04. The van der Waals surface area contributed by atoms with Crippen LogP contribution in [0.15, 0.2) is 42.6 Å². The van der Waals surface area contributed by atoms with Crippen LogP contribution in [0.2, 0.25) is 0 Å². The van der Waals surface area contributed by atoms with E-state index >= 15 is 0 Å². The van der Waals surface area contributed by atoms with Crippen molar-refractivity contribution in [1.82, 2.24) is 19.7 Å². The Morgan fingerprint density at radius 3 is 2.81 bits per heavy atom. The summed E-state index contributed by atoms with van der Waals surface area (Å²) in [6.07, 6.45) is 7.37. The summed E-state index contributed by atoms with van der Waals surface area (Å²) in [6, 6.07) is 11.1. The highest BCUT2D eigenvalue weighted by molar-refractivity contribution is 5.88. The lowest BCUT2D eigenvalue weighted by Gasteiger charge is -2.13. The Labute approximate surface area is 155 Å². The van der Waals surface area contributed by atoms with E-state index in [1.807, 2.05) is 10.9 Å². The molecule has 0 spiro atoms. The minimum atomic E-state index is 0.848. The molecule has 0 saturated carbocycles. The van der Waals surface area contributed by atoms with Gasteiger partial charge in [-0.2, -0.15) is 5.10 Å².